The van der Waals surface area contributed by atoms with Gasteiger partial charge in [-0.05, 0) is 37.6 Å². The van der Waals surface area contributed by atoms with Crippen molar-refractivity contribution in [1.82, 2.24) is 14.9 Å². The maximum absolute atomic E-state index is 6.19. The molecule has 1 aromatic heterocycles. The molecule has 2 aromatic carbocycles. The van der Waals surface area contributed by atoms with Crippen molar-refractivity contribution in [2.45, 2.75) is 33.0 Å². The zero-order valence-electron chi connectivity index (χ0n) is 16.3. The van der Waals surface area contributed by atoms with Gasteiger partial charge in [-0.2, -0.15) is 0 Å². The van der Waals surface area contributed by atoms with Crippen molar-refractivity contribution in [3.05, 3.63) is 76.3 Å². The Balaban J connectivity index is 1.63. The van der Waals surface area contributed by atoms with Gasteiger partial charge in [-0.25, -0.2) is 4.98 Å². The SMILES string of the molecule is COc1ccc(Br)c(CNCCCn2ccnc2)c1OCc1cccc(C)c1. The molecule has 6 heteroatoms. The summed E-state index contributed by atoms with van der Waals surface area (Å²) in [6.45, 7) is 5.14. The van der Waals surface area contributed by atoms with Crippen LogP contribution in [0.25, 0.3) is 0 Å². The smallest absolute Gasteiger partial charge is 0.167 e. The summed E-state index contributed by atoms with van der Waals surface area (Å²) < 4.78 is 14.8. The van der Waals surface area contributed by atoms with Gasteiger partial charge in [0, 0.05) is 35.5 Å². The second-order valence-electron chi connectivity index (χ2n) is 6.67. The third-order valence-electron chi connectivity index (χ3n) is 4.48. The lowest BCUT2D eigenvalue weighted by Crippen LogP contribution is -2.17. The number of halogens is 1. The van der Waals surface area contributed by atoms with E-state index in [0.717, 1.165) is 46.6 Å². The zero-order chi connectivity index (χ0) is 19.8. The van der Waals surface area contributed by atoms with Gasteiger partial charge in [0.1, 0.15) is 6.61 Å². The highest BCUT2D eigenvalue weighted by Crippen LogP contribution is 2.36. The van der Waals surface area contributed by atoms with Gasteiger partial charge in [0.05, 0.1) is 13.4 Å². The van der Waals surface area contributed by atoms with Crippen LogP contribution in [-0.2, 0) is 19.7 Å². The predicted molar refractivity (Wildman–Crippen MR) is 115 cm³/mol. The van der Waals surface area contributed by atoms with Crippen LogP contribution in [0.1, 0.15) is 23.1 Å². The van der Waals surface area contributed by atoms with Gasteiger partial charge in [0.15, 0.2) is 11.5 Å². The number of ether oxygens (including phenoxy) is 2. The van der Waals surface area contributed by atoms with Crippen LogP contribution in [0.5, 0.6) is 11.5 Å². The molecule has 0 bridgehead atoms. The molecule has 0 unspecified atom stereocenters. The molecule has 0 radical (unpaired) electrons. The van der Waals surface area contributed by atoms with Gasteiger partial charge in [-0.1, -0.05) is 45.8 Å². The summed E-state index contributed by atoms with van der Waals surface area (Å²) in [5.74, 6) is 1.52. The molecular weight excluding hydrogens is 418 g/mol. The Morgan fingerprint density at radius 1 is 1.21 bits per heavy atom. The van der Waals surface area contributed by atoms with Crippen molar-refractivity contribution in [3.8, 4) is 11.5 Å². The van der Waals surface area contributed by atoms with Crippen LogP contribution in [0.15, 0.2) is 59.6 Å². The van der Waals surface area contributed by atoms with Crippen LogP contribution >= 0.6 is 15.9 Å². The molecule has 28 heavy (non-hydrogen) atoms. The van der Waals surface area contributed by atoms with Gasteiger partial charge in [-0.3, -0.25) is 0 Å². The van der Waals surface area contributed by atoms with Crippen LogP contribution < -0.4 is 14.8 Å². The number of aromatic nitrogens is 2. The van der Waals surface area contributed by atoms with E-state index < -0.39 is 0 Å². The fraction of sp³-hybridized carbons (Fsp3) is 0.318. The molecule has 1 heterocycles. The van der Waals surface area contributed by atoms with Crippen molar-refractivity contribution in [1.29, 1.82) is 0 Å². The standard InChI is InChI=1S/C22H26BrN3O2/c1-17-5-3-6-18(13-17)15-28-22-19(20(23)7-8-21(22)27-2)14-24-9-4-11-26-12-10-25-16-26/h3,5-8,10,12-13,16,24H,4,9,11,14-15H2,1-2H3. The number of rotatable bonds is 10. The van der Waals surface area contributed by atoms with E-state index in [9.17, 15) is 0 Å². The fourth-order valence-electron chi connectivity index (χ4n) is 3.04. The molecule has 3 aromatic rings. The molecule has 0 fully saturated rings. The van der Waals surface area contributed by atoms with E-state index in [1.165, 1.54) is 5.56 Å². The van der Waals surface area contributed by atoms with Gasteiger partial charge >= 0.3 is 0 Å². The molecule has 0 aliphatic rings. The second-order valence-corrected chi connectivity index (χ2v) is 7.52. The predicted octanol–water partition coefficient (Wildman–Crippen LogP) is 4.72. The van der Waals surface area contributed by atoms with Crippen molar-refractivity contribution < 1.29 is 9.47 Å². The van der Waals surface area contributed by atoms with E-state index in [2.05, 4.69) is 62.0 Å². The Morgan fingerprint density at radius 3 is 2.86 bits per heavy atom. The Hall–Kier alpha value is -2.31. The summed E-state index contributed by atoms with van der Waals surface area (Å²) in [4.78, 5) is 4.07. The van der Waals surface area contributed by atoms with E-state index in [4.69, 9.17) is 9.47 Å². The minimum atomic E-state index is 0.502. The van der Waals surface area contributed by atoms with Crippen molar-refractivity contribution >= 4 is 15.9 Å². The highest BCUT2D eigenvalue weighted by molar-refractivity contribution is 9.10. The zero-order valence-corrected chi connectivity index (χ0v) is 17.9. The van der Waals surface area contributed by atoms with Crippen molar-refractivity contribution in [2.75, 3.05) is 13.7 Å². The molecule has 0 aliphatic heterocycles. The number of methoxy groups -OCH3 is 1. The third-order valence-corrected chi connectivity index (χ3v) is 5.23. The Morgan fingerprint density at radius 2 is 2.11 bits per heavy atom. The summed E-state index contributed by atoms with van der Waals surface area (Å²) in [6.07, 6.45) is 6.65. The van der Waals surface area contributed by atoms with E-state index in [1.54, 1.807) is 13.3 Å². The fourth-order valence-corrected chi connectivity index (χ4v) is 3.49. The number of imidazole rings is 1. The third kappa shape index (κ3) is 5.59. The van der Waals surface area contributed by atoms with Crippen LogP contribution in [-0.4, -0.2) is 23.2 Å². The quantitative estimate of drug-likeness (QED) is 0.460. The van der Waals surface area contributed by atoms with Crippen LogP contribution in [0, 0.1) is 6.92 Å². The minimum absolute atomic E-state index is 0.502. The summed E-state index contributed by atoms with van der Waals surface area (Å²) in [7, 11) is 1.67. The summed E-state index contributed by atoms with van der Waals surface area (Å²) in [6, 6.07) is 12.3. The Labute approximate surface area is 174 Å². The first-order chi connectivity index (χ1) is 13.7. The molecule has 1 N–H and O–H groups in total. The van der Waals surface area contributed by atoms with E-state index in [0.29, 0.717) is 13.2 Å². The van der Waals surface area contributed by atoms with Crippen LogP contribution in [0.3, 0.4) is 0 Å². The van der Waals surface area contributed by atoms with Crippen LogP contribution in [0.4, 0.5) is 0 Å². The molecule has 0 amide bonds. The molecule has 0 spiro atoms. The van der Waals surface area contributed by atoms with Gasteiger partial charge in [0.25, 0.3) is 0 Å². The molecular formula is C22H26BrN3O2. The maximum atomic E-state index is 6.19. The van der Waals surface area contributed by atoms with E-state index >= 15 is 0 Å². The number of hydrogen-bond donors (Lipinski definition) is 1. The monoisotopic (exact) mass is 443 g/mol. The number of hydrogen-bond acceptors (Lipinski definition) is 4. The lowest BCUT2D eigenvalue weighted by molar-refractivity contribution is 0.280. The number of aryl methyl sites for hydroxylation is 2. The summed E-state index contributed by atoms with van der Waals surface area (Å²) in [5, 5.41) is 3.50. The topological polar surface area (TPSA) is 48.3 Å². The molecule has 3 rings (SSSR count). The van der Waals surface area contributed by atoms with Crippen molar-refractivity contribution in [2.24, 2.45) is 0 Å². The molecule has 0 saturated carbocycles. The Bertz CT molecular complexity index is 881. The average molecular weight is 444 g/mol. The largest absolute Gasteiger partial charge is 0.493 e. The van der Waals surface area contributed by atoms with Crippen LogP contribution in [0.2, 0.25) is 0 Å². The molecule has 0 aliphatic carbocycles. The summed E-state index contributed by atoms with van der Waals surface area (Å²) in [5.41, 5.74) is 3.43. The lowest BCUT2D eigenvalue weighted by Gasteiger charge is -2.17. The number of nitrogens with zero attached hydrogens (tertiary/aromatic N) is 2. The highest BCUT2D eigenvalue weighted by atomic mass is 79.9. The number of benzene rings is 2. The average Bonchev–Trinajstić information content (AvgIpc) is 3.21. The normalized spacial score (nSPS) is 10.8. The molecule has 0 saturated heterocycles. The van der Waals surface area contributed by atoms with Crippen molar-refractivity contribution in [3.63, 3.8) is 0 Å². The second kappa shape index (κ2) is 10.3. The maximum Gasteiger partial charge on any atom is 0.167 e. The molecule has 148 valence electrons. The minimum Gasteiger partial charge on any atom is -0.493 e. The Kier molecular flexibility index (Phi) is 7.51. The molecule has 5 nitrogen and oxygen atoms in total. The van der Waals surface area contributed by atoms with Gasteiger partial charge in [0.2, 0.25) is 0 Å². The van der Waals surface area contributed by atoms with Gasteiger partial charge < -0.3 is 19.4 Å². The molecule has 0 atom stereocenters. The first-order valence-corrected chi connectivity index (χ1v) is 10.2. The first kappa shape index (κ1) is 20.4. The lowest BCUT2D eigenvalue weighted by atomic mass is 10.1. The van der Waals surface area contributed by atoms with Gasteiger partial charge in [-0.15, -0.1) is 0 Å². The highest BCUT2D eigenvalue weighted by Gasteiger charge is 2.14. The van der Waals surface area contributed by atoms with E-state index in [-0.39, 0.29) is 0 Å². The first-order valence-electron chi connectivity index (χ1n) is 9.37. The summed E-state index contributed by atoms with van der Waals surface area (Å²) >= 11 is 3.66. The van der Waals surface area contributed by atoms with E-state index in [1.807, 2.05) is 24.7 Å². The number of nitrogens with one attached hydrogen (secondary N) is 1.